The standard InChI is InChI=1S/C16H26INO4/c1-11(13(3)19)9-14(18-20)6-7-16-12(2)10-15(22-16)5-4-8-21-17/h11,14-16H,2,4-10H2,1,3H3/t11-,14-,15?,16?/m1/s1. The number of nitroso groups, excluding NO2 is 1. The molecule has 0 N–H and O–H groups in total. The summed E-state index contributed by atoms with van der Waals surface area (Å²) in [6.07, 6.45) is 4.97. The number of carbonyl (C=O) groups excluding carboxylic acids is 1. The molecule has 5 nitrogen and oxygen atoms in total. The van der Waals surface area contributed by atoms with Crippen molar-refractivity contribution in [3.05, 3.63) is 17.1 Å². The van der Waals surface area contributed by atoms with Crippen molar-refractivity contribution >= 4 is 28.8 Å². The van der Waals surface area contributed by atoms with Crippen molar-refractivity contribution in [2.45, 2.75) is 70.6 Å². The average Bonchev–Trinajstić information content (AvgIpc) is 2.83. The maximum Gasteiger partial charge on any atom is 0.132 e. The lowest BCUT2D eigenvalue weighted by Crippen LogP contribution is -2.18. The lowest BCUT2D eigenvalue weighted by molar-refractivity contribution is -0.120. The van der Waals surface area contributed by atoms with Crippen LogP contribution in [0.3, 0.4) is 0 Å². The summed E-state index contributed by atoms with van der Waals surface area (Å²) >= 11 is 1.90. The van der Waals surface area contributed by atoms with Gasteiger partial charge >= 0.3 is 0 Å². The summed E-state index contributed by atoms with van der Waals surface area (Å²) in [7, 11) is 0. The van der Waals surface area contributed by atoms with Crippen LogP contribution >= 0.6 is 23.0 Å². The van der Waals surface area contributed by atoms with E-state index in [9.17, 15) is 9.70 Å². The third kappa shape index (κ3) is 6.83. The zero-order valence-corrected chi connectivity index (χ0v) is 15.6. The highest BCUT2D eigenvalue weighted by atomic mass is 127. The number of carbonyl (C=O) groups is 1. The van der Waals surface area contributed by atoms with Gasteiger partial charge < -0.3 is 7.80 Å². The molecule has 6 heteroatoms. The maximum atomic E-state index is 11.3. The highest BCUT2D eigenvalue weighted by molar-refractivity contribution is 14.1. The quantitative estimate of drug-likeness (QED) is 0.214. The van der Waals surface area contributed by atoms with E-state index in [1.807, 2.05) is 29.9 Å². The van der Waals surface area contributed by atoms with Crippen LogP contribution in [0.25, 0.3) is 0 Å². The molecule has 1 aliphatic rings. The Balaban J connectivity index is 2.35. The van der Waals surface area contributed by atoms with Gasteiger partial charge in [0.15, 0.2) is 0 Å². The number of rotatable bonds is 11. The van der Waals surface area contributed by atoms with Gasteiger partial charge in [-0.1, -0.05) is 18.7 Å². The summed E-state index contributed by atoms with van der Waals surface area (Å²) in [5, 5.41) is 3.17. The highest BCUT2D eigenvalue weighted by Gasteiger charge is 2.29. The number of halogens is 1. The lowest BCUT2D eigenvalue weighted by atomic mass is 9.94. The predicted octanol–water partition coefficient (Wildman–Crippen LogP) is 4.38. The Labute approximate surface area is 146 Å². The topological polar surface area (TPSA) is 65.0 Å². The highest BCUT2D eigenvalue weighted by Crippen LogP contribution is 2.31. The molecule has 0 amide bonds. The first-order valence-corrected chi connectivity index (χ1v) is 8.75. The van der Waals surface area contributed by atoms with E-state index in [1.54, 1.807) is 6.92 Å². The Morgan fingerprint density at radius 1 is 1.55 bits per heavy atom. The van der Waals surface area contributed by atoms with E-state index in [1.165, 1.54) is 0 Å². The van der Waals surface area contributed by atoms with Gasteiger partial charge in [0.25, 0.3) is 0 Å². The van der Waals surface area contributed by atoms with Crippen molar-refractivity contribution in [3.8, 4) is 0 Å². The van der Waals surface area contributed by atoms with Crippen LogP contribution in [0.15, 0.2) is 17.3 Å². The molecular formula is C16H26INO4. The van der Waals surface area contributed by atoms with Crippen LogP contribution in [0.1, 0.15) is 52.4 Å². The molecule has 1 aliphatic heterocycles. The molecule has 0 spiro atoms. The molecule has 1 fully saturated rings. The second-order valence-corrected chi connectivity index (χ2v) is 6.77. The SMILES string of the molecule is C=C1CC(CCCOI)OC1CC[C@H](C[C@@H](C)C(C)=O)N=O. The monoisotopic (exact) mass is 423 g/mol. The number of hydrogen-bond acceptors (Lipinski definition) is 5. The minimum absolute atomic E-state index is 0.0161. The summed E-state index contributed by atoms with van der Waals surface area (Å²) < 4.78 is 11.0. The largest absolute Gasteiger partial charge is 0.370 e. The molecule has 0 aromatic carbocycles. The zero-order chi connectivity index (χ0) is 16.5. The van der Waals surface area contributed by atoms with E-state index >= 15 is 0 Å². The third-order valence-electron chi connectivity index (χ3n) is 4.28. The lowest BCUT2D eigenvalue weighted by Gasteiger charge is -2.17. The molecule has 22 heavy (non-hydrogen) atoms. The van der Waals surface area contributed by atoms with Crippen LogP contribution in [0, 0.1) is 10.8 Å². The Bertz CT molecular complexity index is 388. The molecule has 0 aromatic rings. The molecular weight excluding hydrogens is 397 g/mol. The first kappa shape index (κ1) is 19.7. The van der Waals surface area contributed by atoms with E-state index in [2.05, 4.69) is 11.8 Å². The van der Waals surface area contributed by atoms with E-state index in [-0.39, 0.29) is 30.0 Å². The molecule has 1 heterocycles. The molecule has 0 aliphatic carbocycles. The second kappa shape index (κ2) is 10.4. The first-order chi connectivity index (χ1) is 10.5. The van der Waals surface area contributed by atoms with Gasteiger partial charge in [-0.3, -0.25) is 4.79 Å². The van der Waals surface area contributed by atoms with Crippen molar-refractivity contribution in [3.63, 3.8) is 0 Å². The van der Waals surface area contributed by atoms with Gasteiger partial charge in [-0.25, -0.2) is 0 Å². The normalized spacial score (nSPS) is 24.2. The Morgan fingerprint density at radius 3 is 2.86 bits per heavy atom. The second-order valence-electron chi connectivity index (χ2n) is 6.15. The van der Waals surface area contributed by atoms with Gasteiger partial charge in [0, 0.05) is 5.92 Å². The summed E-state index contributed by atoms with van der Waals surface area (Å²) in [5.41, 5.74) is 1.10. The third-order valence-corrected chi connectivity index (χ3v) is 4.72. The molecule has 126 valence electrons. The number of hydrogen-bond donors (Lipinski definition) is 0. The smallest absolute Gasteiger partial charge is 0.132 e. The average molecular weight is 423 g/mol. The van der Waals surface area contributed by atoms with E-state index in [0.717, 1.165) is 37.9 Å². The van der Waals surface area contributed by atoms with Crippen LogP contribution in [0.5, 0.6) is 0 Å². The molecule has 0 aromatic heterocycles. The van der Waals surface area contributed by atoms with E-state index in [4.69, 9.17) is 7.80 Å². The van der Waals surface area contributed by atoms with E-state index in [0.29, 0.717) is 12.8 Å². The molecule has 1 rings (SSSR count). The van der Waals surface area contributed by atoms with Crippen molar-refractivity contribution in [2.24, 2.45) is 11.1 Å². The van der Waals surface area contributed by atoms with Crippen LogP contribution in [0.2, 0.25) is 0 Å². The molecule has 0 saturated carbocycles. The fourth-order valence-electron chi connectivity index (χ4n) is 2.74. The van der Waals surface area contributed by atoms with Crippen molar-refractivity contribution in [1.29, 1.82) is 0 Å². The Hall–Kier alpha value is -0.340. The fourth-order valence-corrected chi connectivity index (χ4v) is 3.05. The number of ether oxygens (including phenoxy) is 1. The molecule has 0 radical (unpaired) electrons. The number of Topliss-reactive ketones (excluding diaryl/α,β-unsaturated/α-hetero) is 1. The summed E-state index contributed by atoms with van der Waals surface area (Å²) in [4.78, 5) is 22.2. The van der Waals surface area contributed by atoms with Gasteiger partial charge in [-0.2, -0.15) is 4.91 Å². The minimum Gasteiger partial charge on any atom is -0.370 e. The van der Waals surface area contributed by atoms with Crippen molar-refractivity contribution in [1.82, 2.24) is 0 Å². The molecule has 0 bridgehead atoms. The molecule has 2 unspecified atom stereocenters. The van der Waals surface area contributed by atoms with Gasteiger partial charge in [0.2, 0.25) is 0 Å². The van der Waals surface area contributed by atoms with Crippen LogP contribution in [-0.4, -0.2) is 30.6 Å². The van der Waals surface area contributed by atoms with Crippen LogP contribution < -0.4 is 0 Å². The molecule has 1 saturated heterocycles. The fraction of sp³-hybridized carbons (Fsp3) is 0.812. The number of nitrogens with zero attached hydrogens (tertiary/aromatic N) is 1. The van der Waals surface area contributed by atoms with Gasteiger partial charge in [0.05, 0.1) is 24.9 Å². The van der Waals surface area contributed by atoms with Gasteiger partial charge in [-0.05, 0) is 51.0 Å². The first-order valence-electron chi connectivity index (χ1n) is 7.87. The zero-order valence-electron chi connectivity index (χ0n) is 13.4. The molecule has 4 atom stereocenters. The predicted molar refractivity (Wildman–Crippen MR) is 94.9 cm³/mol. The van der Waals surface area contributed by atoms with Crippen molar-refractivity contribution in [2.75, 3.05) is 6.61 Å². The van der Waals surface area contributed by atoms with Crippen molar-refractivity contribution < 1.29 is 12.6 Å². The van der Waals surface area contributed by atoms with Crippen LogP contribution in [-0.2, 0) is 12.6 Å². The van der Waals surface area contributed by atoms with Gasteiger partial charge in [-0.15, -0.1) is 0 Å². The summed E-state index contributed by atoms with van der Waals surface area (Å²) in [5.74, 6) is -0.0101. The minimum atomic E-state index is -0.318. The summed E-state index contributed by atoms with van der Waals surface area (Å²) in [6.45, 7) is 8.22. The Kier molecular flexibility index (Phi) is 9.35. The Morgan fingerprint density at radius 2 is 2.27 bits per heavy atom. The maximum absolute atomic E-state index is 11.3. The van der Waals surface area contributed by atoms with Gasteiger partial charge in [0.1, 0.15) is 28.8 Å². The van der Waals surface area contributed by atoms with Crippen LogP contribution in [0.4, 0.5) is 0 Å². The van der Waals surface area contributed by atoms with E-state index < -0.39 is 0 Å². The number of ketones is 1. The summed E-state index contributed by atoms with van der Waals surface area (Å²) in [6, 6.07) is -0.318.